The smallest absolute Gasteiger partial charge is 0.245 e. The van der Waals surface area contributed by atoms with Gasteiger partial charge in [0.15, 0.2) is 0 Å². The highest BCUT2D eigenvalue weighted by atomic mass is 16.7. The molecular formula is C17H26N2O. The summed E-state index contributed by atoms with van der Waals surface area (Å²) in [5, 5.41) is 0. The van der Waals surface area contributed by atoms with Gasteiger partial charge in [0.1, 0.15) is 0 Å². The molecule has 110 valence electrons. The maximum absolute atomic E-state index is 5.54. The Morgan fingerprint density at radius 2 is 1.65 bits per heavy atom. The molecule has 0 spiro atoms. The van der Waals surface area contributed by atoms with Crippen LogP contribution in [0.5, 0.6) is 5.88 Å². The van der Waals surface area contributed by atoms with Crippen LogP contribution in [0.1, 0.15) is 64.2 Å². The van der Waals surface area contributed by atoms with E-state index in [2.05, 4.69) is 16.5 Å². The number of aromatic nitrogens is 1. The first kappa shape index (κ1) is 14.9. The van der Waals surface area contributed by atoms with E-state index >= 15 is 0 Å². The van der Waals surface area contributed by atoms with Gasteiger partial charge < -0.3 is 4.84 Å². The van der Waals surface area contributed by atoms with E-state index < -0.39 is 0 Å². The molecule has 1 aromatic heterocycles. The second kappa shape index (κ2) is 9.40. The maximum atomic E-state index is 5.54. The highest BCUT2D eigenvalue weighted by molar-refractivity contribution is 5.09. The van der Waals surface area contributed by atoms with Gasteiger partial charge in [-0.1, -0.05) is 50.7 Å². The number of hydrogen-bond donors (Lipinski definition) is 1. The van der Waals surface area contributed by atoms with Crippen LogP contribution >= 0.6 is 0 Å². The van der Waals surface area contributed by atoms with Gasteiger partial charge in [0.25, 0.3) is 0 Å². The molecule has 0 atom stereocenters. The minimum Gasteiger partial charge on any atom is -0.362 e. The molecule has 1 aromatic rings. The Morgan fingerprint density at radius 3 is 2.40 bits per heavy atom. The molecule has 1 aliphatic carbocycles. The van der Waals surface area contributed by atoms with Crippen molar-refractivity contribution in [2.24, 2.45) is 0 Å². The molecular weight excluding hydrogens is 248 g/mol. The lowest BCUT2D eigenvalue weighted by atomic mass is 10.0. The Labute approximate surface area is 122 Å². The Balaban J connectivity index is 1.81. The van der Waals surface area contributed by atoms with Gasteiger partial charge in [-0.25, -0.2) is 10.5 Å². The molecule has 0 radical (unpaired) electrons. The molecule has 0 amide bonds. The zero-order valence-corrected chi connectivity index (χ0v) is 12.3. The Bertz CT molecular complexity index is 389. The van der Waals surface area contributed by atoms with Crippen molar-refractivity contribution in [2.75, 3.05) is 0 Å². The molecule has 20 heavy (non-hydrogen) atoms. The molecule has 0 aliphatic heterocycles. The van der Waals surface area contributed by atoms with E-state index in [9.17, 15) is 0 Å². The first-order chi connectivity index (χ1) is 9.95. The molecule has 1 N–H and O–H groups in total. The van der Waals surface area contributed by atoms with Crippen molar-refractivity contribution in [1.29, 1.82) is 0 Å². The highest BCUT2D eigenvalue weighted by Crippen LogP contribution is 2.16. The fraction of sp³-hybridized carbons (Fsp3) is 0.588. The molecule has 0 aromatic carbocycles. The molecule has 2 rings (SSSR count). The predicted octanol–water partition coefficient (Wildman–Crippen LogP) is 4.76. The first-order valence-corrected chi connectivity index (χ1v) is 7.98. The van der Waals surface area contributed by atoms with Crippen LogP contribution in [-0.4, -0.2) is 4.98 Å². The van der Waals surface area contributed by atoms with Gasteiger partial charge in [-0.3, -0.25) is 0 Å². The normalized spacial score (nSPS) is 18.3. The fourth-order valence-electron chi connectivity index (χ4n) is 2.52. The minimum atomic E-state index is 0.625. The van der Waals surface area contributed by atoms with E-state index in [0.717, 1.165) is 12.8 Å². The van der Waals surface area contributed by atoms with Crippen molar-refractivity contribution in [2.45, 2.75) is 64.2 Å². The Kier molecular flexibility index (Phi) is 7.00. The van der Waals surface area contributed by atoms with Gasteiger partial charge in [-0.2, -0.15) is 0 Å². The van der Waals surface area contributed by atoms with Crippen molar-refractivity contribution >= 4 is 0 Å². The van der Waals surface area contributed by atoms with Crippen molar-refractivity contribution in [3.8, 4) is 5.88 Å². The van der Waals surface area contributed by atoms with Crippen molar-refractivity contribution in [3.05, 3.63) is 36.2 Å². The number of nitrogens with one attached hydrogen (secondary N) is 1. The van der Waals surface area contributed by atoms with Crippen LogP contribution in [-0.2, 0) is 0 Å². The van der Waals surface area contributed by atoms with E-state index in [1.165, 1.54) is 57.1 Å². The summed E-state index contributed by atoms with van der Waals surface area (Å²) in [6, 6.07) is 5.68. The van der Waals surface area contributed by atoms with Crippen LogP contribution in [0.4, 0.5) is 0 Å². The number of hydroxylamine groups is 1. The lowest BCUT2D eigenvalue weighted by Gasteiger charge is -2.12. The summed E-state index contributed by atoms with van der Waals surface area (Å²) in [6.07, 6.45) is 17.0. The van der Waals surface area contributed by atoms with Crippen LogP contribution in [0.3, 0.4) is 0 Å². The molecule has 3 nitrogen and oxygen atoms in total. The number of rotatable bonds is 3. The van der Waals surface area contributed by atoms with Crippen LogP contribution in [0.25, 0.3) is 0 Å². The summed E-state index contributed by atoms with van der Waals surface area (Å²) in [5.74, 6) is 0.625. The second-order valence-corrected chi connectivity index (χ2v) is 5.47. The SMILES string of the molecule is C1=C(NOc2ccccn2)CCCCCCCCCC1. The van der Waals surface area contributed by atoms with Gasteiger partial charge in [0.05, 0.1) is 0 Å². The third kappa shape index (κ3) is 6.09. The molecule has 0 fully saturated rings. The average molecular weight is 274 g/mol. The van der Waals surface area contributed by atoms with Gasteiger partial charge in [0, 0.05) is 18.0 Å². The molecule has 0 unspecified atom stereocenters. The van der Waals surface area contributed by atoms with Crippen molar-refractivity contribution < 1.29 is 4.84 Å². The number of nitrogens with zero attached hydrogens (tertiary/aromatic N) is 1. The third-order valence-corrected chi connectivity index (χ3v) is 3.72. The Morgan fingerprint density at radius 1 is 0.900 bits per heavy atom. The molecule has 1 heterocycles. The van der Waals surface area contributed by atoms with Gasteiger partial charge in [-0.05, 0) is 31.7 Å². The predicted molar refractivity (Wildman–Crippen MR) is 82.3 cm³/mol. The number of hydrogen-bond acceptors (Lipinski definition) is 3. The summed E-state index contributed by atoms with van der Waals surface area (Å²) in [5.41, 5.74) is 4.29. The number of pyridine rings is 1. The van der Waals surface area contributed by atoms with E-state index in [1.54, 1.807) is 6.20 Å². The first-order valence-electron chi connectivity index (χ1n) is 7.98. The molecule has 0 saturated carbocycles. The van der Waals surface area contributed by atoms with Crippen LogP contribution in [0, 0.1) is 0 Å². The van der Waals surface area contributed by atoms with Crippen LogP contribution in [0.15, 0.2) is 36.2 Å². The molecule has 0 saturated heterocycles. The van der Waals surface area contributed by atoms with Crippen molar-refractivity contribution in [3.63, 3.8) is 0 Å². The number of allylic oxidation sites excluding steroid dienone is 2. The fourth-order valence-corrected chi connectivity index (χ4v) is 2.52. The van der Waals surface area contributed by atoms with E-state index in [-0.39, 0.29) is 0 Å². The Hall–Kier alpha value is -1.51. The quantitative estimate of drug-likeness (QED) is 0.807. The highest BCUT2D eigenvalue weighted by Gasteiger charge is 2.01. The van der Waals surface area contributed by atoms with Crippen LogP contribution < -0.4 is 10.3 Å². The lowest BCUT2D eigenvalue weighted by molar-refractivity contribution is 0.213. The standard InChI is InChI=1S/C17H26N2O/c1-2-4-6-8-12-16(13-9-7-5-3-1)19-20-17-14-10-11-15-18-17/h10-12,14-15,19H,1-9,13H2. The topological polar surface area (TPSA) is 34.1 Å². The second-order valence-electron chi connectivity index (χ2n) is 5.47. The third-order valence-electron chi connectivity index (χ3n) is 3.72. The largest absolute Gasteiger partial charge is 0.362 e. The van der Waals surface area contributed by atoms with Gasteiger partial charge in [0.2, 0.25) is 5.88 Å². The lowest BCUT2D eigenvalue weighted by Crippen LogP contribution is -2.18. The van der Waals surface area contributed by atoms with Crippen molar-refractivity contribution in [1.82, 2.24) is 10.5 Å². The van der Waals surface area contributed by atoms with E-state index in [1.807, 2.05) is 18.2 Å². The molecule has 1 aliphatic rings. The minimum absolute atomic E-state index is 0.625. The van der Waals surface area contributed by atoms with Crippen LogP contribution in [0.2, 0.25) is 0 Å². The summed E-state index contributed by atoms with van der Waals surface area (Å²) in [6.45, 7) is 0. The zero-order valence-electron chi connectivity index (χ0n) is 12.3. The van der Waals surface area contributed by atoms with E-state index in [0.29, 0.717) is 5.88 Å². The molecule has 0 bridgehead atoms. The summed E-state index contributed by atoms with van der Waals surface area (Å²) in [4.78, 5) is 9.69. The maximum Gasteiger partial charge on any atom is 0.245 e. The van der Waals surface area contributed by atoms with Gasteiger partial charge in [-0.15, -0.1) is 0 Å². The average Bonchev–Trinajstić information content (AvgIpc) is 2.48. The monoisotopic (exact) mass is 274 g/mol. The zero-order chi connectivity index (χ0) is 13.9. The summed E-state index contributed by atoms with van der Waals surface area (Å²) in [7, 11) is 0. The van der Waals surface area contributed by atoms with E-state index in [4.69, 9.17) is 4.84 Å². The summed E-state index contributed by atoms with van der Waals surface area (Å²) >= 11 is 0. The van der Waals surface area contributed by atoms with Gasteiger partial charge >= 0.3 is 0 Å². The summed E-state index contributed by atoms with van der Waals surface area (Å²) < 4.78 is 0. The molecule has 3 heteroatoms.